The van der Waals surface area contributed by atoms with Gasteiger partial charge in [-0.1, -0.05) is 12.1 Å². The van der Waals surface area contributed by atoms with Crippen LogP contribution in [0.1, 0.15) is 20.8 Å². The van der Waals surface area contributed by atoms with Crippen LogP contribution in [0.25, 0.3) is 10.4 Å². The van der Waals surface area contributed by atoms with E-state index in [0.29, 0.717) is 10.4 Å². The van der Waals surface area contributed by atoms with Gasteiger partial charge in [-0.05, 0) is 51.1 Å². The number of alkyl carbamates (subject to hydrolysis) is 1. The number of para-hydroxylation sites is 1. The minimum atomic E-state index is -3.88. The van der Waals surface area contributed by atoms with Gasteiger partial charge in [-0.15, -0.1) is 11.3 Å². The number of nitro groups is 2. The highest BCUT2D eigenvalue weighted by Crippen LogP contribution is 2.39. The van der Waals surface area contributed by atoms with E-state index >= 15 is 0 Å². The number of nitrogens with zero attached hydrogens (tertiary/aromatic N) is 2. The maximum absolute atomic E-state index is 12.7. The van der Waals surface area contributed by atoms with Gasteiger partial charge in [0, 0.05) is 29.6 Å². The van der Waals surface area contributed by atoms with Crippen LogP contribution < -0.4 is 14.8 Å². The Kier molecular flexibility index (Phi) is 8.65. The molecule has 2 aromatic carbocycles. The van der Waals surface area contributed by atoms with Gasteiger partial charge in [0.25, 0.3) is 0 Å². The zero-order valence-electron chi connectivity index (χ0n) is 20.5. The molecule has 0 radical (unpaired) electrons. The number of carbonyl (C=O) groups is 1. The van der Waals surface area contributed by atoms with Crippen LogP contribution in [-0.4, -0.2) is 43.0 Å². The number of nitrogens with one attached hydrogen (secondary N) is 2. The molecular weight excluding hydrogens is 540 g/mol. The van der Waals surface area contributed by atoms with Crippen molar-refractivity contribution in [2.24, 2.45) is 0 Å². The first-order valence-corrected chi connectivity index (χ1v) is 13.3. The van der Waals surface area contributed by atoms with Gasteiger partial charge in [0.1, 0.15) is 21.3 Å². The van der Waals surface area contributed by atoms with E-state index < -0.39 is 42.9 Å². The third kappa shape index (κ3) is 7.47. The van der Waals surface area contributed by atoms with Crippen molar-refractivity contribution in [3.63, 3.8) is 0 Å². The standard InChI is InChI=1S/C23H24N4O9S2/c1-23(2,3)36-22(28)24-12-13-25-38(33,34)21-11-10-20(37-21)16-6-4-5-7-19(16)35-15-8-9-17(26(29)30)18(14-15)27(31)32/h4-11,14,25H,12-13H2,1-3H3,(H,24,28). The number of thiophene rings is 1. The molecule has 38 heavy (non-hydrogen) atoms. The van der Waals surface area contributed by atoms with Gasteiger partial charge in [0.05, 0.1) is 15.9 Å². The zero-order valence-corrected chi connectivity index (χ0v) is 22.1. The molecule has 2 N–H and O–H groups in total. The van der Waals surface area contributed by atoms with Crippen molar-refractivity contribution in [1.82, 2.24) is 10.0 Å². The lowest BCUT2D eigenvalue weighted by molar-refractivity contribution is -0.422. The summed E-state index contributed by atoms with van der Waals surface area (Å²) < 4.78 is 38.7. The van der Waals surface area contributed by atoms with E-state index in [4.69, 9.17) is 9.47 Å². The molecule has 0 atom stereocenters. The maximum atomic E-state index is 12.7. The zero-order chi connectivity index (χ0) is 28.1. The first kappa shape index (κ1) is 28.5. The molecule has 3 aromatic rings. The SMILES string of the molecule is CC(C)(C)OC(=O)NCCNS(=O)(=O)c1ccc(-c2ccccc2Oc2ccc([N+](=O)[O-])c([N+](=O)[O-])c2)s1. The summed E-state index contributed by atoms with van der Waals surface area (Å²) in [5.74, 6) is 0.259. The summed E-state index contributed by atoms with van der Waals surface area (Å²) in [5, 5.41) is 24.8. The number of hydrogen-bond donors (Lipinski definition) is 2. The number of ether oxygens (including phenoxy) is 2. The average molecular weight is 565 g/mol. The largest absolute Gasteiger partial charge is 0.456 e. The summed E-state index contributed by atoms with van der Waals surface area (Å²) in [4.78, 5) is 32.8. The van der Waals surface area contributed by atoms with E-state index in [1.807, 2.05) is 0 Å². The first-order valence-electron chi connectivity index (χ1n) is 11.0. The van der Waals surface area contributed by atoms with Crippen molar-refractivity contribution in [3.8, 4) is 21.9 Å². The number of amides is 1. The lowest BCUT2D eigenvalue weighted by Gasteiger charge is -2.19. The topological polar surface area (TPSA) is 180 Å². The Morgan fingerprint density at radius 3 is 2.32 bits per heavy atom. The third-order valence-electron chi connectivity index (χ3n) is 4.65. The third-order valence-corrected chi connectivity index (χ3v) is 7.72. The Bertz CT molecular complexity index is 1460. The molecule has 1 amide bonds. The Morgan fingerprint density at radius 2 is 1.66 bits per heavy atom. The Balaban J connectivity index is 1.74. The van der Waals surface area contributed by atoms with Crippen LogP contribution in [0.15, 0.2) is 58.8 Å². The first-order chi connectivity index (χ1) is 17.8. The van der Waals surface area contributed by atoms with Crippen LogP contribution in [0, 0.1) is 20.2 Å². The fourth-order valence-electron chi connectivity index (χ4n) is 3.10. The molecule has 202 valence electrons. The highest BCUT2D eigenvalue weighted by molar-refractivity contribution is 7.91. The molecule has 1 aromatic heterocycles. The smallest absolute Gasteiger partial charge is 0.407 e. The molecule has 3 rings (SSSR count). The normalized spacial score (nSPS) is 11.6. The minimum Gasteiger partial charge on any atom is -0.456 e. The molecule has 0 unspecified atom stereocenters. The van der Waals surface area contributed by atoms with Crippen molar-refractivity contribution in [1.29, 1.82) is 0 Å². The van der Waals surface area contributed by atoms with Crippen LogP contribution in [-0.2, 0) is 14.8 Å². The summed E-state index contributed by atoms with van der Waals surface area (Å²) >= 11 is 0.964. The Labute approximate surface area is 221 Å². The lowest BCUT2D eigenvalue weighted by atomic mass is 10.1. The molecule has 0 aliphatic carbocycles. The van der Waals surface area contributed by atoms with Crippen molar-refractivity contribution in [2.45, 2.75) is 30.6 Å². The summed E-state index contributed by atoms with van der Waals surface area (Å²) in [7, 11) is -3.88. The van der Waals surface area contributed by atoms with E-state index in [1.165, 1.54) is 12.1 Å². The monoisotopic (exact) mass is 564 g/mol. The van der Waals surface area contributed by atoms with Gasteiger partial charge in [0.15, 0.2) is 0 Å². The van der Waals surface area contributed by atoms with E-state index in [1.54, 1.807) is 51.1 Å². The van der Waals surface area contributed by atoms with E-state index in [0.717, 1.165) is 23.5 Å². The van der Waals surface area contributed by atoms with Crippen LogP contribution in [0.4, 0.5) is 16.2 Å². The molecule has 13 nitrogen and oxygen atoms in total. The number of rotatable bonds is 10. The van der Waals surface area contributed by atoms with Gasteiger partial charge in [-0.2, -0.15) is 0 Å². The fraction of sp³-hybridized carbons (Fsp3) is 0.261. The second-order valence-corrected chi connectivity index (χ2v) is 11.8. The molecule has 0 fully saturated rings. The lowest BCUT2D eigenvalue weighted by Crippen LogP contribution is -2.37. The molecule has 0 bridgehead atoms. The van der Waals surface area contributed by atoms with Gasteiger partial charge >= 0.3 is 17.5 Å². The average Bonchev–Trinajstić information content (AvgIpc) is 3.32. The minimum absolute atomic E-state index is 0.00157. The highest BCUT2D eigenvalue weighted by atomic mass is 32.2. The molecule has 1 heterocycles. The van der Waals surface area contributed by atoms with Crippen LogP contribution in [0.5, 0.6) is 11.5 Å². The maximum Gasteiger partial charge on any atom is 0.407 e. The van der Waals surface area contributed by atoms with E-state index in [2.05, 4.69) is 10.0 Å². The number of hydrogen-bond acceptors (Lipinski definition) is 10. The number of benzene rings is 2. The quantitative estimate of drug-likeness (QED) is 0.198. The van der Waals surface area contributed by atoms with Crippen molar-refractivity contribution in [2.75, 3.05) is 13.1 Å². The molecule has 15 heteroatoms. The summed E-state index contributed by atoms with van der Waals surface area (Å²) in [6.45, 7) is 5.09. The summed E-state index contributed by atoms with van der Waals surface area (Å²) in [6.07, 6.45) is -0.662. The number of sulfonamides is 1. The van der Waals surface area contributed by atoms with Gasteiger partial charge < -0.3 is 14.8 Å². The van der Waals surface area contributed by atoms with Crippen LogP contribution >= 0.6 is 11.3 Å². The Hall–Kier alpha value is -4.08. The highest BCUT2D eigenvalue weighted by Gasteiger charge is 2.25. The van der Waals surface area contributed by atoms with Crippen molar-refractivity contribution >= 4 is 38.8 Å². The van der Waals surface area contributed by atoms with E-state index in [9.17, 15) is 33.4 Å². The van der Waals surface area contributed by atoms with Crippen molar-refractivity contribution in [3.05, 3.63) is 74.8 Å². The van der Waals surface area contributed by atoms with Gasteiger partial charge in [-0.25, -0.2) is 17.9 Å². The van der Waals surface area contributed by atoms with Crippen LogP contribution in [0.2, 0.25) is 0 Å². The fourth-order valence-corrected chi connectivity index (χ4v) is 5.51. The van der Waals surface area contributed by atoms with Gasteiger partial charge in [0.2, 0.25) is 10.0 Å². The molecule has 0 aliphatic heterocycles. The second-order valence-electron chi connectivity index (χ2n) is 8.71. The van der Waals surface area contributed by atoms with Crippen LogP contribution in [0.3, 0.4) is 0 Å². The summed E-state index contributed by atoms with van der Waals surface area (Å²) in [6, 6.07) is 12.8. The van der Waals surface area contributed by atoms with Gasteiger partial charge in [-0.3, -0.25) is 20.2 Å². The molecular formula is C23H24N4O9S2. The Morgan fingerprint density at radius 1 is 0.974 bits per heavy atom. The van der Waals surface area contributed by atoms with E-state index in [-0.39, 0.29) is 28.8 Å². The molecule has 0 spiro atoms. The summed E-state index contributed by atoms with van der Waals surface area (Å²) in [5.41, 5.74) is -1.56. The molecule has 0 saturated carbocycles. The second kappa shape index (κ2) is 11.5. The number of carbonyl (C=O) groups excluding carboxylic acids is 1. The molecule has 0 aliphatic rings. The van der Waals surface area contributed by atoms with Crippen molar-refractivity contribution < 1.29 is 32.5 Å². The predicted molar refractivity (Wildman–Crippen MR) is 139 cm³/mol. The molecule has 0 saturated heterocycles. The predicted octanol–water partition coefficient (Wildman–Crippen LogP) is 4.83. The number of nitro benzene ring substituents is 2.